The van der Waals surface area contributed by atoms with E-state index in [1.807, 2.05) is 13.0 Å². The van der Waals surface area contributed by atoms with Gasteiger partial charge in [-0.3, -0.25) is 19.1 Å². The Balaban J connectivity index is 2.13. The predicted octanol–water partition coefficient (Wildman–Crippen LogP) is 3.19. The number of nitrogens with zero attached hydrogens (tertiary/aromatic N) is 5. The first-order chi connectivity index (χ1) is 15.4. The van der Waals surface area contributed by atoms with E-state index >= 15 is 0 Å². The summed E-state index contributed by atoms with van der Waals surface area (Å²) in [6.07, 6.45) is 3.72. The lowest BCUT2D eigenvalue weighted by Crippen LogP contribution is -2.48. The van der Waals surface area contributed by atoms with Gasteiger partial charge in [0.2, 0.25) is 0 Å². The third kappa shape index (κ3) is 4.63. The van der Waals surface area contributed by atoms with Crippen molar-refractivity contribution in [3.05, 3.63) is 31.9 Å². The smallest absolute Gasteiger partial charge is 0.270 e. The van der Waals surface area contributed by atoms with Crippen LogP contribution in [0.15, 0.2) is 9.70 Å². The summed E-state index contributed by atoms with van der Waals surface area (Å²) in [6.45, 7) is 13.4. The summed E-state index contributed by atoms with van der Waals surface area (Å²) >= 11 is 6.76. The van der Waals surface area contributed by atoms with Crippen molar-refractivity contribution in [3.63, 3.8) is 0 Å². The first kappa shape index (κ1) is 24.5. The van der Waals surface area contributed by atoms with Gasteiger partial charge in [0.1, 0.15) is 21.8 Å². The summed E-state index contributed by atoms with van der Waals surface area (Å²) in [5.74, 6) is 0.700. The molecule has 172 valence electrons. The minimum Gasteiger partial charge on any atom is -0.355 e. The molecule has 3 rings (SSSR count). The van der Waals surface area contributed by atoms with Gasteiger partial charge >= 0.3 is 0 Å². The van der Waals surface area contributed by atoms with Gasteiger partial charge in [-0.05, 0) is 38.5 Å². The van der Waals surface area contributed by atoms with Crippen LogP contribution in [0.5, 0.6) is 0 Å². The lowest BCUT2D eigenvalue weighted by atomic mass is 10.0. The van der Waals surface area contributed by atoms with Crippen LogP contribution in [-0.4, -0.2) is 63.9 Å². The summed E-state index contributed by atoms with van der Waals surface area (Å²) in [6, 6.07) is 2.09. The van der Waals surface area contributed by atoms with Crippen molar-refractivity contribution in [2.75, 3.05) is 44.2 Å². The molecule has 2 aliphatic heterocycles. The lowest BCUT2D eigenvalue weighted by Gasteiger charge is -2.37. The van der Waals surface area contributed by atoms with Crippen molar-refractivity contribution in [1.82, 2.24) is 14.4 Å². The second-order valence-electron chi connectivity index (χ2n) is 8.01. The number of rotatable bonds is 7. The van der Waals surface area contributed by atoms with E-state index in [2.05, 4.69) is 29.7 Å². The molecule has 9 heteroatoms. The normalized spacial score (nSPS) is 18.7. The Kier molecular flexibility index (Phi) is 8.15. The number of amides is 1. The third-order valence-electron chi connectivity index (χ3n) is 6.17. The number of anilines is 1. The monoisotopic (exact) mass is 473 g/mol. The quantitative estimate of drug-likeness (QED) is 0.445. The molecule has 2 aliphatic rings. The largest absolute Gasteiger partial charge is 0.355 e. The van der Waals surface area contributed by atoms with Crippen LogP contribution in [0.2, 0.25) is 0 Å². The highest BCUT2D eigenvalue weighted by Crippen LogP contribution is 2.36. The number of hydrogen-bond donors (Lipinski definition) is 0. The van der Waals surface area contributed by atoms with E-state index in [9.17, 15) is 14.9 Å². The van der Waals surface area contributed by atoms with Crippen molar-refractivity contribution in [2.24, 2.45) is 0 Å². The number of carbonyl (C=O) groups excluding carboxylic acids is 1. The molecule has 0 atom stereocenters. The van der Waals surface area contributed by atoms with Crippen molar-refractivity contribution < 1.29 is 4.79 Å². The zero-order valence-electron chi connectivity index (χ0n) is 19.3. The number of pyridine rings is 1. The number of unbranched alkanes of at least 4 members (excludes halogenated alkanes) is 1. The van der Waals surface area contributed by atoms with Crippen molar-refractivity contribution in [1.29, 1.82) is 5.26 Å². The summed E-state index contributed by atoms with van der Waals surface area (Å²) < 4.78 is 2.24. The average molecular weight is 474 g/mol. The molecule has 2 saturated heterocycles. The first-order valence-corrected chi connectivity index (χ1v) is 12.5. The molecule has 0 N–H and O–H groups in total. The van der Waals surface area contributed by atoms with E-state index in [0.29, 0.717) is 27.9 Å². The Labute approximate surface area is 199 Å². The van der Waals surface area contributed by atoms with Crippen LogP contribution in [0, 0.1) is 18.3 Å². The van der Waals surface area contributed by atoms with E-state index < -0.39 is 0 Å². The van der Waals surface area contributed by atoms with Crippen molar-refractivity contribution in [2.45, 2.75) is 47.1 Å². The highest BCUT2D eigenvalue weighted by atomic mass is 32.2. The van der Waals surface area contributed by atoms with E-state index in [-0.39, 0.29) is 17.0 Å². The number of aromatic nitrogens is 1. The Bertz CT molecular complexity index is 1030. The molecule has 3 heterocycles. The number of piperazine rings is 1. The summed E-state index contributed by atoms with van der Waals surface area (Å²) in [5.41, 5.74) is 1.25. The Hall–Kier alpha value is -2.15. The molecule has 1 aromatic heterocycles. The fourth-order valence-electron chi connectivity index (χ4n) is 4.19. The zero-order chi connectivity index (χ0) is 23.4. The highest BCUT2D eigenvalue weighted by Gasteiger charge is 2.33. The van der Waals surface area contributed by atoms with Crippen LogP contribution in [0.4, 0.5) is 5.82 Å². The molecular weight excluding hydrogens is 442 g/mol. The van der Waals surface area contributed by atoms with Gasteiger partial charge in [-0.2, -0.15) is 5.26 Å². The molecule has 0 aromatic carbocycles. The number of thiocarbonyl (C=S) groups is 1. The Morgan fingerprint density at radius 3 is 2.38 bits per heavy atom. The average Bonchev–Trinajstić information content (AvgIpc) is 3.06. The first-order valence-electron chi connectivity index (χ1n) is 11.3. The minimum absolute atomic E-state index is 0.0950. The molecule has 1 aromatic rings. The predicted molar refractivity (Wildman–Crippen MR) is 135 cm³/mol. The Morgan fingerprint density at radius 1 is 1.12 bits per heavy atom. The number of carbonyl (C=O) groups is 1. The van der Waals surface area contributed by atoms with E-state index in [1.165, 1.54) is 11.8 Å². The van der Waals surface area contributed by atoms with Gasteiger partial charge in [0.25, 0.3) is 11.5 Å². The summed E-state index contributed by atoms with van der Waals surface area (Å²) in [4.78, 5) is 33.0. The minimum atomic E-state index is -0.270. The molecule has 2 fully saturated rings. The SMILES string of the molecule is CCCCN1C(=O)C(=Cc2c(C)c(C#N)c(=O)n(CC)c2N2CCN(CC)CC2)SC1=S. The molecule has 0 spiro atoms. The van der Waals surface area contributed by atoms with E-state index in [4.69, 9.17) is 12.2 Å². The molecule has 7 nitrogen and oxygen atoms in total. The summed E-state index contributed by atoms with van der Waals surface area (Å²) in [7, 11) is 0. The molecule has 0 radical (unpaired) electrons. The molecule has 1 amide bonds. The maximum Gasteiger partial charge on any atom is 0.270 e. The fourth-order valence-corrected chi connectivity index (χ4v) is 5.48. The number of thioether (sulfide) groups is 1. The zero-order valence-corrected chi connectivity index (χ0v) is 20.9. The van der Waals surface area contributed by atoms with Gasteiger partial charge in [0.15, 0.2) is 0 Å². The molecule has 0 bridgehead atoms. The van der Waals surface area contributed by atoms with Gasteiger partial charge in [-0.1, -0.05) is 44.2 Å². The molecule has 32 heavy (non-hydrogen) atoms. The van der Waals surface area contributed by atoms with Crippen LogP contribution in [-0.2, 0) is 11.3 Å². The summed E-state index contributed by atoms with van der Waals surface area (Å²) in [5, 5.41) is 9.70. The van der Waals surface area contributed by atoms with E-state index in [1.54, 1.807) is 16.4 Å². The Morgan fingerprint density at radius 2 is 1.81 bits per heavy atom. The lowest BCUT2D eigenvalue weighted by molar-refractivity contribution is -0.122. The van der Waals surface area contributed by atoms with Crippen molar-refractivity contribution in [3.8, 4) is 6.07 Å². The molecular formula is C23H31N5O2S2. The third-order valence-corrected chi connectivity index (χ3v) is 7.54. The number of hydrogen-bond acceptors (Lipinski definition) is 7. The van der Waals surface area contributed by atoms with Crippen molar-refractivity contribution >= 4 is 46.1 Å². The number of nitriles is 1. The van der Waals surface area contributed by atoms with Crippen LogP contribution < -0.4 is 10.5 Å². The topological polar surface area (TPSA) is 72.6 Å². The van der Waals surface area contributed by atoms with Gasteiger partial charge in [-0.15, -0.1) is 0 Å². The van der Waals surface area contributed by atoms with Gasteiger partial charge in [-0.25, -0.2) is 0 Å². The molecule has 0 unspecified atom stereocenters. The van der Waals surface area contributed by atoms with Crippen LogP contribution in [0.3, 0.4) is 0 Å². The van der Waals surface area contributed by atoms with Gasteiger partial charge in [0.05, 0.1) is 4.91 Å². The fraction of sp³-hybridized carbons (Fsp3) is 0.565. The van der Waals surface area contributed by atoms with Crippen LogP contribution >= 0.6 is 24.0 Å². The maximum atomic E-state index is 13.1. The highest BCUT2D eigenvalue weighted by molar-refractivity contribution is 8.26. The molecule has 0 saturated carbocycles. The number of likely N-dealkylation sites (N-methyl/N-ethyl adjacent to an activating group) is 1. The van der Waals surface area contributed by atoms with Crippen LogP contribution in [0.25, 0.3) is 6.08 Å². The second kappa shape index (κ2) is 10.6. The van der Waals surface area contributed by atoms with E-state index in [0.717, 1.165) is 56.9 Å². The van der Waals surface area contributed by atoms with Gasteiger partial charge in [0, 0.05) is 44.8 Å². The second-order valence-corrected chi connectivity index (χ2v) is 9.68. The standard InChI is InChI=1S/C23H31N5O2S2/c1-5-8-9-28-22(30)19(32-23(28)31)14-17-16(4)18(15-24)21(29)27(7-3)20(17)26-12-10-25(6-2)11-13-26/h14H,5-13H2,1-4H3. The molecule has 0 aliphatic carbocycles. The maximum absolute atomic E-state index is 13.1. The van der Waals surface area contributed by atoms with Gasteiger partial charge < -0.3 is 9.80 Å². The van der Waals surface area contributed by atoms with Crippen LogP contribution in [0.1, 0.15) is 50.3 Å².